The lowest BCUT2D eigenvalue weighted by Crippen LogP contribution is -2.36. The van der Waals surface area contributed by atoms with Gasteiger partial charge >= 0.3 is 0 Å². The maximum absolute atomic E-state index is 6.49. The molecule has 0 aliphatic rings. The van der Waals surface area contributed by atoms with E-state index in [9.17, 15) is 0 Å². The smallest absolute Gasteiger partial charge is 0.0481 e. The molecule has 0 heterocycles. The highest BCUT2D eigenvalue weighted by atomic mass is 16.0. The van der Waals surface area contributed by atoms with E-state index in [1.807, 2.05) is 30.4 Å². The molecular formula is C16H23NO. The van der Waals surface area contributed by atoms with Gasteiger partial charge in [0, 0.05) is 5.54 Å². The van der Waals surface area contributed by atoms with Crippen molar-refractivity contribution in [2.45, 2.75) is 24.8 Å². The predicted octanol–water partition coefficient (Wildman–Crippen LogP) is 2.90. The predicted molar refractivity (Wildman–Crippen MR) is 79.5 cm³/mol. The fraction of sp³-hybridized carbons (Fsp3) is 0.250. The van der Waals surface area contributed by atoms with Gasteiger partial charge in [-0.3, -0.25) is 0 Å². The first kappa shape index (κ1) is 16.4. The van der Waals surface area contributed by atoms with Crippen LogP contribution in [0.15, 0.2) is 62.2 Å². The monoisotopic (exact) mass is 245 g/mol. The van der Waals surface area contributed by atoms with Crippen LogP contribution in [-0.4, -0.2) is 5.48 Å². The first-order chi connectivity index (χ1) is 8.18. The number of allylic oxidation sites excluding steroid dienone is 1. The highest BCUT2D eigenvalue weighted by molar-refractivity contribution is 5.36. The summed E-state index contributed by atoms with van der Waals surface area (Å²) in [4.78, 5) is 0. The van der Waals surface area contributed by atoms with Crippen molar-refractivity contribution < 1.29 is 5.48 Å². The molecule has 0 unspecified atom stereocenters. The molecule has 1 aromatic carbocycles. The average Bonchev–Trinajstić information content (AvgIpc) is 2.31. The van der Waals surface area contributed by atoms with Crippen LogP contribution in [0.5, 0.6) is 0 Å². The second-order valence-corrected chi connectivity index (χ2v) is 4.29. The van der Waals surface area contributed by atoms with Crippen molar-refractivity contribution in [3.8, 4) is 0 Å². The van der Waals surface area contributed by atoms with E-state index in [0.29, 0.717) is 0 Å². The Kier molecular flexibility index (Phi) is 6.94. The highest BCUT2D eigenvalue weighted by Gasteiger charge is 2.26. The standard InChI is InChI=1S/C16H21N.H2O/c1-4-9-14-10-7-8-11-15(14)16(17,12-5-2)13-6-3;/h4-8,10-11H,1-3,9,12-13,17H2;1H2. The number of hydrogen-bond acceptors (Lipinski definition) is 1. The lowest BCUT2D eigenvalue weighted by Gasteiger charge is -2.30. The molecule has 0 radical (unpaired) electrons. The zero-order valence-electron chi connectivity index (χ0n) is 10.9. The lowest BCUT2D eigenvalue weighted by molar-refractivity contribution is 0.453. The number of benzene rings is 1. The van der Waals surface area contributed by atoms with Gasteiger partial charge in [0.2, 0.25) is 0 Å². The van der Waals surface area contributed by atoms with Gasteiger partial charge in [0.1, 0.15) is 0 Å². The van der Waals surface area contributed by atoms with Gasteiger partial charge in [0.15, 0.2) is 0 Å². The third-order valence-electron chi connectivity index (χ3n) is 2.94. The fourth-order valence-electron chi connectivity index (χ4n) is 2.16. The van der Waals surface area contributed by atoms with E-state index in [1.54, 1.807) is 0 Å². The van der Waals surface area contributed by atoms with Crippen molar-refractivity contribution >= 4 is 0 Å². The van der Waals surface area contributed by atoms with E-state index in [2.05, 4.69) is 31.9 Å². The Morgan fingerprint density at radius 1 is 1.00 bits per heavy atom. The third kappa shape index (κ3) is 3.69. The molecule has 2 heteroatoms. The Balaban J connectivity index is 0.00000289. The molecule has 0 aliphatic carbocycles. The summed E-state index contributed by atoms with van der Waals surface area (Å²) in [5, 5.41) is 0. The van der Waals surface area contributed by atoms with Crippen LogP contribution in [0.25, 0.3) is 0 Å². The summed E-state index contributed by atoms with van der Waals surface area (Å²) < 4.78 is 0. The summed E-state index contributed by atoms with van der Waals surface area (Å²) >= 11 is 0. The van der Waals surface area contributed by atoms with Crippen LogP contribution < -0.4 is 5.73 Å². The van der Waals surface area contributed by atoms with E-state index < -0.39 is 5.54 Å². The maximum Gasteiger partial charge on any atom is 0.0481 e. The maximum atomic E-state index is 6.49. The van der Waals surface area contributed by atoms with Crippen LogP contribution >= 0.6 is 0 Å². The SMILES string of the molecule is C=CCc1ccccc1C(N)(CC=C)CC=C.O. The van der Waals surface area contributed by atoms with Crippen LogP contribution in [-0.2, 0) is 12.0 Å². The van der Waals surface area contributed by atoms with Crippen LogP contribution in [0, 0.1) is 0 Å². The molecule has 0 fully saturated rings. The van der Waals surface area contributed by atoms with E-state index in [-0.39, 0.29) is 5.48 Å². The van der Waals surface area contributed by atoms with Crippen molar-refractivity contribution in [3.05, 3.63) is 73.4 Å². The van der Waals surface area contributed by atoms with Crippen molar-refractivity contribution in [3.63, 3.8) is 0 Å². The van der Waals surface area contributed by atoms with Crippen molar-refractivity contribution in [2.75, 3.05) is 0 Å². The summed E-state index contributed by atoms with van der Waals surface area (Å²) in [6, 6.07) is 8.25. The van der Waals surface area contributed by atoms with E-state index in [1.165, 1.54) is 11.1 Å². The molecule has 98 valence electrons. The van der Waals surface area contributed by atoms with Crippen LogP contribution in [0.4, 0.5) is 0 Å². The van der Waals surface area contributed by atoms with Gasteiger partial charge < -0.3 is 11.2 Å². The molecule has 0 bridgehead atoms. The molecule has 0 aromatic heterocycles. The second kappa shape index (κ2) is 7.64. The summed E-state index contributed by atoms with van der Waals surface area (Å²) in [5.74, 6) is 0. The fourth-order valence-corrected chi connectivity index (χ4v) is 2.16. The Labute approximate surface area is 110 Å². The second-order valence-electron chi connectivity index (χ2n) is 4.29. The minimum atomic E-state index is -0.400. The molecule has 1 aromatic rings. The van der Waals surface area contributed by atoms with Gasteiger partial charge in [-0.1, -0.05) is 42.5 Å². The minimum Gasteiger partial charge on any atom is -0.412 e. The Morgan fingerprint density at radius 2 is 1.56 bits per heavy atom. The molecule has 0 atom stereocenters. The Bertz CT molecular complexity index is 399. The Hall–Kier alpha value is -1.64. The number of nitrogens with two attached hydrogens (primary N) is 1. The largest absolute Gasteiger partial charge is 0.412 e. The minimum absolute atomic E-state index is 0. The van der Waals surface area contributed by atoms with Gasteiger partial charge in [-0.2, -0.15) is 0 Å². The Morgan fingerprint density at radius 3 is 2.06 bits per heavy atom. The molecule has 0 saturated heterocycles. The number of hydrogen-bond donors (Lipinski definition) is 1. The van der Waals surface area contributed by atoms with Gasteiger partial charge in [0.25, 0.3) is 0 Å². The van der Waals surface area contributed by atoms with Gasteiger partial charge in [-0.15, -0.1) is 19.7 Å². The molecule has 0 amide bonds. The van der Waals surface area contributed by atoms with Crippen molar-refractivity contribution in [2.24, 2.45) is 5.73 Å². The van der Waals surface area contributed by atoms with Gasteiger partial charge in [-0.25, -0.2) is 0 Å². The van der Waals surface area contributed by atoms with Crippen molar-refractivity contribution in [1.29, 1.82) is 0 Å². The normalized spacial score (nSPS) is 10.3. The molecule has 2 nitrogen and oxygen atoms in total. The van der Waals surface area contributed by atoms with E-state index in [0.717, 1.165) is 19.3 Å². The highest BCUT2D eigenvalue weighted by Crippen LogP contribution is 2.30. The lowest BCUT2D eigenvalue weighted by atomic mass is 9.81. The zero-order valence-corrected chi connectivity index (χ0v) is 10.9. The first-order valence-electron chi connectivity index (χ1n) is 5.88. The summed E-state index contributed by atoms with van der Waals surface area (Å²) in [5.41, 5.74) is 8.49. The van der Waals surface area contributed by atoms with Crippen molar-refractivity contribution in [1.82, 2.24) is 0 Å². The molecule has 18 heavy (non-hydrogen) atoms. The van der Waals surface area contributed by atoms with Crippen LogP contribution in [0.3, 0.4) is 0 Å². The summed E-state index contributed by atoms with van der Waals surface area (Å²) in [6.45, 7) is 11.4. The third-order valence-corrected chi connectivity index (χ3v) is 2.94. The molecule has 0 aliphatic heterocycles. The van der Waals surface area contributed by atoms with Gasteiger partial charge in [-0.05, 0) is 30.4 Å². The summed E-state index contributed by atoms with van der Waals surface area (Å²) in [6.07, 6.45) is 7.97. The molecular weight excluding hydrogens is 222 g/mol. The van der Waals surface area contributed by atoms with E-state index >= 15 is 0 Å². The molecule has 0 spiro atoms. The first-order valence-corrected chi connectivity index (χ1v) is 5.88. The topological polar surface area (TPSA) is 57.5 Å². The average molecular weight is 245 g/mol. The summed E-state index contributed by atoms with van der Waals surface area (Å²) in [7, 11) is 0. The zero-order chi connectivity index (χ0) is 12.7. The molecule has 4 N–H and O–H groups in total. The quantitative estimate of drug-likeness (QED) is 0.738. The van der Waals surface area contributed by atoms with Crippen LogP contribution in [0.1, 0.15) is 24.0 Å². The molecule has 0 saturated carbocycles. The number of rotatable bonds is 7. The van der Waals surface area contributed by atoms with Crippen LogP contribution in [0.2, 0.25) is 0 Å². The molecule has 1 rings (SSSR count). The van der Waals surface area contributed by atoms with E-state index in [4.69, 9.17) is 5.73 Å². The van der Waals surface area contributed by atoms with Gasteiger partial charge in [0.05, 0.1) is 0 Å².